The van der Waals surface area contributed by atoms with E-state index in [1.165, 1.54) is 25.7 Å². The van der Waals surface area contributed by atoms with Crippen LogP contribution in [-0.2, 0) is 28.7 Å². The molecule has 8 nitrogen and oxygen atoms in total. The molecule has 0 aromatic heterocycles. The van der Waals surface area contributed by atoms with Gasteiger partial charge in [0, 0.05) is 12.8 Å². The number of para-hydroxylation sites is 2. The minimum absolute atomic E-state index is 0.175. The van der Waals surface area contributed by atoms with Crippen molar-refractivity contribution in [3.05, 3.63) is 60.7 Å². The maximum absolute atomic E-state index is 12.2. The third-order valence-corrected chi connectivity index (χ3v) is 7.34. The summed E-state index contributed by atoms with van der Waals surface area (Å²) in [5.74, 6) is -0.876. The minimum atomic E-state index is -0.347. The lowest BCUT2D eigenvalue weighted by molar-refractivity contribution is -0.149. The molecule has 0 heterocycles. The first-order valence-electron chi connectivity index (χ1n) is 16.2. The third kappa shape index (κ3) is 17.4. The number of hydrogen-bond donors (Lipinski definition) is 0. The minimum Gasteiger partial charge on any atom is -0.465 e. The SMILES string of the molecule is CC(CCC(=O)Oc1ccccc1)C(=O)OCCCCCCCCCCCCOC(=O)C(C)CCC(=O)Oc1ccccc1. The summed E-state index contributed by atoms with van der Waals surface area (Å²) in [4.78, 5) is 48.2. The van der Waals surface area contributed by atoms with E-state index in [1.54, 1.807) is 62.4 Å². The van der Waals surface area contributed by atoms with Gasteiger partial charge in [0.1, 0.15) is 11.5 Å². The molecule has 2 aromatic rings. The van der Waals surface area contributed by atoms with Crippen LogP contribution in [0.25, 0.3) is 0 Å². The monoisotopic (exact) mass is 610 g/mol. The second-order valence-electron chi connectivity index (χ2n) is 11.3. The highest BCUT2D eigenvalue weighted by Crippen LogP contribution is 2.16. The van der Waals surface area contributed by atoms with Gasteiger partial charge in [-0.3, -0.25) is 19.2 Å². The molecule has 0 aliphatic heterocycles. The van der Waals surface area contributed by atoms with Gasteiger partial charge in [0.15, 0.2) is 0 Å². The van der Waals surface area contributed by atoms with Crippen molar-refractivity contribution in [2.45, 2.75) is 104 Å². The summed E-state index contributed by atoms with van der Waals surface area (Å²) >= 11 is 0. The molecule has 2 atom stereocenters. The first-order chi connectivity index (χ1) is 21.3. The van der Waals surface area contributed by atoms with Crippen LogP contribution in [0.15, 0.2) is 60.7 Å². The fourth-order valence-corrected chi connectivity index (χ4v) is 4.49. The van der Waals surface area contributed by atoms with E-state index >= 15 is 0 Å². The number of hydrogen-bond acceptors (Lipinski definition) is 8. The number of unbranched alkanes of at least 4 members (excludes halogenated alkanes) is 9. The van der Waals surface area contributed by atoms with Crippen molar-refractivity contribution >= 4 is 23.9 Å². The first kappa shape index (κ1) is 36.5. The number of ether oxygens (including phenoxy) is 4. The van der Waals surface area contributed by atoms with Crippen LogP contribution in [-0.4, -0.2) is 37.1 Å². The van der Waals surface area contributed by atoms with Crippen LogP contribution in [0.5, 0.6) is 11.5 Å². The van der Waals surface area contributed by atoms with Crippen LogP contribution in [0.1, 0.15) is 104 Å². The zero-order chi connectivity index (χ0) is 31.8. The van der Waals surface area contributed by atoms with Crippen LogP contribution >= 0.6 is 0 Å². The Bertz CT molecular complexity index is 998. The van der Waals surface area contributed by atoms with Crippen LogP contribution in [0, 0.1) is 11.8 Å². The van der Waals surface area contributed by atoms with Crippen molar-refractivity contribution in [2.24, 2.45) is 11.8 Å². The molecule has 0 aliphatic rings. The van der Waals surface area contributed by atoms with E-state index < -0.39 is 0 Å². The van der Waals surface area contributed by atoms with Crippen molar-refractivity contribution in [1.82, 2.24) is 0 Å². The molecule has 44 heavy (non-hydrogen) atoms. The van der Waals surface area contributed by atoms with Gasteiger partial charge in [0.05, 0.1) is 25.0 Å². The van der Waals surface area contributed by atoms with E-state index in [1.807, 2.05) is 12.1 Å². The maximum atomic E-state index is 12.2. The number of rotatable bonds is 23. The highest BCUT2D eigenvalue weighted by molar-refractivity contribution is 5.76. The van der Waals surface area contributed by atoms with Gasteiger partial charge < -0.3 is 18.9 Å². The molecule has 0 amide bonds. The van der Waals surface area contributed by atoms with Crippen LogP contribution < -0.4 is 9.47 Å². The van der Waals surface area contributed by atoms with E-state index in [4.69, 9.17) is 18.9 Å². The Morgan fingerprint density at radius 2 is 0.818 bits per heavy atom. The van der Waals surface area contributed by atoms with Crippen LogP contribution in [0.2, 0.25) is 0 Å². The van der Waals surface area contributed by atoms with Gasteiger partial charge in [0.2, 0.25) is 0 Å². The number of esters is 4. The van der Waals surface area contributed by atoms with Crippen molar-refractivity contribution in [3.8, 4) is 11.5 Å². The molecule has 0 bridgehead atoms. The van der Waals surface area contributed by atoms with E-state index in [0.29, 0.717) is 37.6 Å². The first-order valence-corrected chi connectivity index (χ1v) is 16.2. The van der Waals surface area contributed by atoms with E-state index in [2.05, 4.69) is 0 Å². The zero-order valence-electron chi connectivity index (χ0n) is 26.5. The maximum Gasteiger partial charge on any atom is 0.311 e. The number of carbonyl (C=O) groups excluding carboxylic acids is 4. The summed E-state index contributed by atoms with van der Waals surface area (Å²) in [5, 5.41) is 0. The molecule has 8 heteroatoms. The summed E-state index contributed by atoms with van der Waals surface area (Å²) in [6.07, 6.45) is 11.9. The molecule has 2 unspecified atom stereocenters. The molecule has 0 radical (unpaired) electrons. The van der Waals surface area contributed by atoms with Gasteiger partial charge in [-0.25, -0.2) is 0 Å². The second-order valence-corrected chi connectivity index (χ2v) is 11.3. The Labute approximate surface area is 262 Å². The molecular weight excluding hydrogens is 560 g/mol. The van der Waals surface area contributed by atoms with Gasteiger partial charge in [-0.05, 0) is 49.9 Å². The Morgan fingerprint density at radius 3 is 1.16 bits per heavy atom. The molecule has 0 spiro atoms. The fraction of sp³-hybridized carbons (Fsp3) is 0.556. The fourth-order valence-electron chi connectivity index (χ4n) is 4.49. The van der Waals surface area contributed by atoms with Crippen molar-refractivity contribution in [3.63, 3.8) is 0 Å². The van der Waals surface area contributed by atoms with Crippen molar-refractivity contribution in [1.29, 1.82) is 0 Å². The largest absolute Gasteiger partial charge is 0.465 e. The van der Waals surface area contributed by atoms with Gasteiger partial charge >= 0.3 is 23.9 Å². The average molecular weight is 611 g/mol. The normalized spacial score (nSPS) is 12.1. The van der Waals surface area contributed by atoms with Gasteiger partial charge in [-0.1, -0.05) is 102 Å². The quantitative estimate of drug-likeness (QED) is 0.0708. The summed E-state index contributed by atoms with van der Waals surface area (Å²) in [6.45, 7) is 4.40. The standard InChI is InChI=1S/C36H50O8/c1-29(23-25-33(37)43-31-19-13-11-14-20-31)35(39)41-27-17-9-7-5-3-4-6-8-10-18-28-42-36(40)30(2)24-26-34(38)44-32-21-15-12-16-22-32/h11-16,19-22,29-30H,3-10,17-18,23-28H2,1-2H3. The van der Waals surface area contributed by atoms with E-state index in [0.717, 1.165) is 38.5 Å². The molecule has 0 saturated heterocycles. The summed E-state index contributed by atoms with van der Waals surface area (Å²) < 4.78 is 21.2. The predicted molar refractivity (Wildman–Crippen MR) is 169 cm³/mol. The Balaban J connectivity index is 1.34. The molecule has 0 fully saturated rings. The Morgan fingerprint density at radius 1 is 0.500 bits per heavy atom. The smallest absolute Gasteiger partial charge is 0.311 e. The summed E-state index contributed by atoms with van der Waals surface area (Å²) in [6, 6.07) is 17.8. The van der Waals surface area contributed by atoms with Gasteiger partial charge in [0.25, 0.3) is 0 Å². The summed E-state index contributed by atoms with van der Waals surface area (Å²) in [7, 11) is 0. The van der Waals surface area contributed by atoms with Gasteiger partial charge in [-0.2, -0.15) is 0 Å². The highest BCUT2D eigenvalue weighted by atomic mass is 16.5. The van der Waals surface area contributed by atoms with Gasteiger partial charge in [-0.15, -0.1) is 0 Å². The van der Waals surface area contributed by atoms with Crippen LogP contribution in [0.4, 0.5) is 0 Å². The molecule has 242 valence electrons. The molecule has 0 N–H and O–H groups in total. The average Bonchev–Trinajstić information content (AvgIpc) is 3.03. The molecule has 0 aliphatic carbocycles. The number of benzene rings is 2. The molecule has 0 saturated carbocycles. The van der Waals surface area contributed by atoms with Crippen LogP contribution in [0.3, 0.4) is 0 Å². The Kier molecular flexibility index (Phi) is 18.9. The Hall–Kier alpha value is -3.68. The lowest BCUT2D eigenvalue weighted by atomic mass is 10.1. The third-order valence-electron chi connectivity index (χ3n) is 7.34. The van der Waals surface area contributed by atoms with E-state index in [-0.39, 0.29) is 48.6 Å². The van der Waals surface area contributed by atoms with E-state index in [9.17, 15) is 19.2 Å². The molecular formula is C36H50O8. The van der Waals surface area contributed by atoms with Crippen molar-refractivity contribution in [2.75, 3.05) is 13.2 Å². The predicted octanol–water partition coefficient (Wildman–Crippen LogP) is 8.02. The lowest BCUT2D eigenvalue weighted by Crippen LogP contribution is -2.18. The highest BCUT2D eigenvalue weighted by Gasteiger charge is 2.18. The summed E-state index contributed by atoms with van der Waals surface area (Å²) in [5.41, 5.74) is 0. The zero-order valence-corrected chi connectivity index (χ0v) is 26.5. The lowest BCUT2D eigenvalue weighted by Gasteiger charge is -2.11. The molecule has 2 rings (SSSR count). The van der Waals surface area contributed by atoms with Crippen molar-refractivity contribution < 1.29 is 38.1 Å². The molecule has 2 aromatic carbocycles. The second kappa shape index (κ2) is 22.8. The topological polar surface area (TPSA) is 105 Å². The number of carbonyl (C=O) groups is 4.